The summed E-state index contributed by atoms with van der Waals surface area (Å²) in [6.45, 7) is 2.87. The third kappa shape index (κ3) is 3.00. The molecule has 0 saturated carbocycles. The number of aromatic nitrogens is 2. The van der Waals surface area contributed by atoms with E-state index in [0.29, 0.717) is 5.89 Å². The first kappa shape index (κ1) is 14.9. The molecule has 0 aromatic carbocycles. The monoisotopic (exact) mass is 364 g/mol. The number of nitrogens with one attached hydrogen (secondary N) is 1. The van der Waals surface area contributed by atoms with Gasteiger partial charge < -0.3 is 9.84 Å². The maximum absolute atomic E-state index is 5.36. The molecule has 8 heteroatoms. The van der Waals surface area contributed by atoms with Crippen LogP contribution in [0.15, 0.2) is 20.4 Å². The van der Waals surface area contributed by atoms with Crippen molar-refractivity contribution in [2.24, 2.45) is 0 Å². The fourth-order valence-corrected chi connectivity index (χ4v) is 3.46. The van der Waals surface area contributed by atoms with Crippen molar-refractivity contribution >= 4 is 39.7 Å². The summed E-state index contributed by atoms with van der Waals surface area (Å²) in [5.74, 6) is 1.34. The van der Waals surface area contributed by atoms with Gasteiger partial charge in [0.05, 0.1) is 6.04 Å². The average Bonchev–Trinajstić information content (AvgIpc) is 2.98. The molecular formula is C11H14BrClN4OS. The zero-order chi connectivity index (χ0) is 12.5. The summed E-state index contributed by atoms with van der Waals surface area (Å²) < 4.78 is 6.35. The van der Waals surface area contributed by atoms with Gasteiger partial charge in [-0.3, -0.25) is 4.90 Å². The topological polar surface area (TPSA) is 54.2 Å². The number of halogens is 2. The fraction of sp³-hybridized carbons (Fsp3) is 0.455. The minimum Gasteiger partial charge on any atom is -0.333 e. The maximum Gasteiger partial charge on any atom is 0.269 e. The summed E-state index contributed by atoms with van der Waals surface area (Å²) in [6, 6.07) is 2.17. The highest BCUT2D eigenvalue weighted by atomic mass is 79.9. The van der Waals surface area contributed by atoms with Gasteiger partial charge in [-0.05, 0) is 34.4 Å². The Balaban J connectivity index is 0.00000133. The third-order valence-corrected chi connectivity index (χ3v) is 4.89. The largest absolute Gasteiger partial charge is 0.333 e. The van der Waals surface area contributed by atoms with Crippen LogP contribution in [0.5, 0.6) is 0 Å². The third-order valence-electron chi connectivity index (χ3n) is 3.06. The molecule has 1 aliphatic heterocycles. The molecule has 1 N–H and O–H groups in total. The van der Waals surface area contributed by atoms with E-state index < -0.39 is 0 Å². The van der Waals surface area contributed by atoms with E-state index in [1.54, 1.807) is 11.3 Å². The Morgan fingerprint density at radius 1 is 1.58 bits per heavy atom. The van der Waals surface area contributed by atoms with Crippen LogP contribution in [0.1, 0.15) is 11.9 Å². The van der Waals surface area contributed by atoms with E-state index in [9.17, 15) is 0 Å². The molecule has 1 aliphatic rings. The van der Waals surface area contributed by atoms with Crippen LogP contribution in [0.4, 0.5) is 0 Å². The fourth-order valence-electron chi connectivity index (χ4n) is 2.00. The van der Waals surface area contributed by atoms with Crippen LogP contribution in [-0.2, 0) is 0 Å². The maximum atomic E-state index is 5.36. The van der Waals surface area contributed by atoms with Gasteiger partial charge in [0.15, 0.2) is 5.82 Å². The summed E-state index contributed by atoms with van der Waals surface area (Å²) in [7, 11) is 2.09. The van der Waals surface area contributed by atoms with Crippen LogP contribution in [0.2, 0.25) is 0 Å². The van der Waals surface area contributed by atoms with Gasteiger partial charge in [-0.2, -0.15) is 4.98 Å². The number of hydrogen-bond acceptors (Lipinski definition) is 6. The van der Waals surface area contributed by atoms with Crippen molar-refractivity contribution in [3.05, 3.63) is 21.7 Å². The first-order valence-corrected chi connectivity index (χ1v) is 7.41. The van der Waals surface area contributed by atoms with Crippen LogP contribution >= 0.6 is 39.7 Å². The zero-order valence-electron chi connectivity index (χ0n) is 10.3. The molecule has 3 heterocycles. The summed E-state index contributed by atoms with van der Waals surface area (Å²) in [4.78, 5) is 7.74. The van der Waals surface area contributed by atoms with Gasteiger partial charge in [0.2, 0.25) is 0 Å². The van der Waals surface area contributed by atoms with Crippen molar-refractivity contribution in [3.63, 3.8) is 0 Å². The lowest BCUT2D eigenvalue weighted by atomic mass is 10.2. The molecule has 1 unspecified atom stereocenters. The average molecular weight is 366 g/mol. The number of thiophene rings is 1. The molecule has 0 spiro atoms. The molecule has 2 aromatic heterocycles. The molecule has 5 nitrogen and oxygen atoms in total. The minimum absolute atomic E-state index is 0. The number of rotatable bonds is 2. The molecule has 0 radical (unpaired) electrons. The predicted molar refractivity (Wildman–Crippen MR) is 80.8 cm³/mol. The van der Waals surface area contributed by atoms with Gasteiger partial charge >= 0.3 is 0 Å². The van der Waals surface area contributed by atoms with Crippen molar-refractivity contribution < 1.29 is 4.52 Å². The van der Waals surface area contributed by atoms with Crippen LogP contribution in [0.25, 0.3) is 10.8 Å². The molecule has 104 valence electrons. The smallest absolute Gasteiger partial charge is 0.269 e. The van der Waals surface area contributed by atoms with Crippen molar-refractivity contribution in [2.75, 3.05) is 26.7 Å². The predicted octanol–water partition coefficient (Wildman–Crippen LogP) is 2.56. The molecular weight excluding hydrogens is 352 g/mol. The van der Waals surface area contributed by atoms with E-state index in [4.69, 9.17) is 4.52 Å². The molecule has 1 saturated heterocycles. The summed E-state index contributed by atoms with van der Waals surface area (Å²) >= 11 is 5.07. The SMILES string of the molecule is CN1CCNCC1c1noc(-c2sccc2Br)n1.Cl. The molecule has 1 atom stereocenters. The van der Waals surface area contributed by atoms with Crippen molar-refractivity contribution in [1.82, 2.24) is 20.4 Å². The van der Waals surface area contributed by atoms with Crippen LogP contribution in [-0.4, -0.2) is 41.7 Å². The quantitative estimate of drug-likeness (QED) is 0.886. The Kier molecular flexibility index (Phi) is 4.97. The van der Waals surface area contributed by atoms with Gasteiger partial charge in [0.25, 0.3) is 5.89 Å². The highest BCUT2D eigenvalue weighted by Crippen LogP contribution is 2.33. The Morgan fingerprint density at radius 2 is 2.42 bits per heavy atom. The first-order valence-electron chi connectivity index (χ1n) is 5.73. The van der Waals surface area contributed by atoms with Crippen molar-refractivity contribution in [3.8, 4) is 10.8 Å². The standard InChI is InChI=1S/C11H13BrN4OS.ClH/c1-16-4-3-13-6-8(16)10-14-11(17-15-10)9-7(12)2-5-18-9;/h2,5,8,13H,3-4,6H2,1H3;1H. The number of hydrogen-bond donors (Lipinski definition) is 1. The lowest BCUT2D eigenvalue weighted by Crippen LogP contribution is -2.44. The Morgan fingerprint density at radius 3 is 3.11 bits per heavy atom. The summed E-state index contributed by atoms with van der Waals surface area (Å²) in [5, 5.41) is 9.45. The minimum atomic E-state index is 0. The number of likely N-dealkylation sites (N-methyl/N-ethyl adjacent to an activating group) is 1. The molecule has 2 aromatic rings. The lowest BCUT2D eigenvalue weighted by Gasteiger charge is -2.30. The number of nitrogens with zero attached hydrogens (tertiary/aromatic N) is 3. The van der Waals surface area contributed by atoms with Gasteiger partial charge in [-0.25, -0.2) is 0 Å². The van der Waals surface area contributed by atoms with E-state index in [-0.39, 0.29) is 18.4 Å². The highest BCUT2D eigenvalue weighted by Gasteiger charge is 2.26. The normalized spacial score (nSPS) is 20.2. The van der Waals surface area contributed by atoms with Crippen LogP contribution < -0.4 is 5.32 Å². The van der Waals surface area contributed by atoms with Gasteiger partial charge in [0.1, 0.15) is 4.88 Å². The van der Waals surface area contributed by atoms with Crippen LogP contribution in [0.3, 0.4) is 0 Å². The van der Waals surface area contributed by atoms with E-state index in [2.05, 4.69) is 43.3 Å². The highest BCUT2D eigenvalue weighted by molar-refractivity contribution is 9.10. The van der Waals surface area contributed by atoms with Gasteiger partial charge in [-0.1, -0.05) is 5.16 Å². The van der Waals surface area contributed by atoms with E-state index >= 15 is 0 Å². The van der Waals surface area contributed by atoms with Gasteiger partial charge in [-0.15, -0.1) is 23.7 Å². The number of piperazine rings is 1. The first-order chi connectivity index (χ1) is 8.75. The molecule has 0 aliphatic carbocycles. The molecule has 0 amide bonds. The van der Waals surface area contributed by atoms with E-state index in [1.165, 1.54) is 0 Å². The second-order valence-corrected chi connectivity index (χ2v) is 6.03. The van der Waals surface area contributed by atoms with Crippen LogP contribution in [0, 0.1) is 0 Å². The van der Waals surface area contributed by atoms with E-state index in [1.807, 2.05) is 11.4 Å². The molecule has 1 fully saturated rings. The second-order valence-electron chi connectivity index (χ2n) is 4.26. The lowest BCUT2D eigenvalue weighted by molar-refractivity contribution is 0.190. The van der Waals surface area contributed by atoms with Crippen molar-refractivity contribution in [2.45, 2.75) is 6.04 Å². The Hall–Kier alpha value is -0.470. The van der Waals surface area contributed by atoms with E-state index in [0.717, 1.165) is 34.8 Å². The summed E-state index contributed by atoms with van der Waals surface area (Å²) in [6.07, 6.45) is 0. The second kappa shape index (κ2) is 6.32. The summed E-state index contributed by atoms with van der Waals surface area (Å²) in [5.41, 5.74) is 0. The molecule has 3 rings (SSSR count). The Labute approximate surface area is 129 Å². The van der Waals surface area contributed by atoms with Gasteiger partial charge in [0, 0.05) is 24.1 Å². The molecule has 19 heavy (non-hydrogen) atoms. The Bertz CT molecular complexity index is 546. The zero-order valence-corrected chi connectivity index (χ0v) is 13.5. The molecule has 0 bridgehead atoms. The van der Waals surface area contributed by atoms with Crippen molar-refractivity contribution in [1.29, 1.82) is 0 Å².